The number of fused-ring (bicyclic) bond motifs is 1. The van der Waals surface area contributed by atoms with Crippen LogP contribution in [0.1, 0.15) is 71.2 Å². The summed E-state index contributed by atoms with van der Waals surface area (Å²) in [5.74, 6) is 0.842. The van der Waals surface area contributed by atoms with Crippen LogP contribution in [-0.4, -0.2) is 50.7 Å². The molecule has 0 bridgehead atoms. The highest BCUT2D eigenvalue weighted by Gasteiger charge is 2.27. The number of nitrogens with zero attached hydrogens (tertiary/aromatic N) is 1. The number of hydrogen-bond donors (Lipinski definition) is 2. The van der Waals surface area contributed by atoms with Crippen LogP contribution in [0.2, 0.25) is 0 Å². The summed E-state index contributed by atoms with van der Waals surface area (Å²) < 4.78 is 17.2. The smallest absolute Gasteiger partial charge is 0.268 e. The molecule has 3 rings (SSSR count). The molecule has 1 aliphatic rings. The van der Waals surface area contributed by atoms with Gasteiger partial charge in [0.1, 0.15) is 5.00 Å². The summed E-state index contributed by atoms with van der Waals surface area (Å²) in [7, 11) is 3.54. The molecule has 2 N–H and O–H groups in total. The van der Waals surface area contributed by atoms with Crippen molar-refractivity contribution in [3.8, 4) is 17.2 Å². The zero-order chi connectivity index (χ0) is 24.7. The molecule has 34 heavy (non-hydrogen) atoms. The highest BCUT2D eigenvalue weighted by molar-refractivity contribution is 7.17. The number of nitrogens with one attached hydrogen (secondary N) is 2. The van der Waals surface area contributed by atoms with Crippen molar-refractivity contribution in [2.24, 2.45) is 0 Å². The molecule has 1 heterocycles. The molecule has 0 aliphatic heterocycles. The van der Waals surface area contributed by atoms with Crippen LogP contribution in [0.15, 0.2) is 12.1 Å². The number of thiophene rings is 1. The van der Waals surface area contributed by atoms with Gasteiger partial charge >= 0.3 is 0 Å². The van der Waals surface area contributed by atoms with Gasteiger partial charge in [-0.2, -0.15) is 0 Å². The Balaban J connectivity index is 1.99. The molecular weight excluding hydrogens is 454 g/mol. The fraction of sp³-hybridized carbons (Fsp3) is 0.520. The number of hydrogen-bond acceptors (Lipinski definition) is 7. The van der Waals surface area contributed by atoms with Crippen LogP contribution in [-0.2, 0) is 12.8 Å². The first-order valence-corrected chi connectivity index (χ1v) is 12.7. The summed E-state index contributed by atoms with van der Waals surface area (Å²) in [6.07, 6.45) is 5.02. The SMILES string of the molecule is CCOc1cc(C(=O)Nc2sc3c(c2C(=O)NN(C)C)CCCCC3)cc(OCC)c1OCC. The Morgan fingerprint density at radius 3 is 2.12 bits per heavy atom. The number of benzene rings is 1. The van der Waals surface area contributed by atoms with Gasteiger partial charge in [0.2, 0.25) is 5.75 Å². The lowest BCUT2D eigenvalue weighted by Crippen LogP contribution is -2.36. The average Bonchev–Trinajstić information content (AvgIpc) is 2.96. The van der Waals surface area contributed by atoms with Gasteiger partial charge in [0.05, 0.1) is 25.4 Å². The summed E-state index contributed by atoms with van der Waals surface area (Å²) in [4.78, 5) is 27.6. The molecule has 186 valence electrons. The maximum atomic E-state index is 13.4. The van der Waals surface area contributed by atoms with E-state index in [0.717, 1.165) is 37.7 Å². The van der Waals surface area contributed by atoms with E-state index >= 15 is 0 Å². The third kappa shape index (κ3) is 6.01. The van der Waals surface area contributed by atoms with E-state index in [-0.39, 0.29) is 11.8 Å². The van der Waals surface area contributed by atoms with Crippen molar-refractivity contribution in [3.05, 3.63) is 33.7 Å². The Bertz CT molecular complexity index is 991. The molecule has 0 saturated carbocycles. The van der Waals surface area contributed by atoms with E-state index in [0.29, 0.717) is 53.2 Å². The van der Waals surface area contributed by atoms with E-state index in [2.05, 4.69) is 10.7 Å². The number of hydrazine groups is 1. The van der Waals surface area contributed by atoms with Crippen molar-refractivity contribution >= 4 is 28.2 Å². The van der Waals surface area contributed by atoms with Gasteiger partial charge in [0.25, 0.3) is 11.8 Å². The molecule has 1 aromatic heterocycles. The number of ether oxygens (including phenoxy) is 3. The molecule has 1 aromatic carbocycles. The summed E-state index contributed by atoms with van der Waals surface area (Å²) in [6, 6.07) is 3.31. The van der Waals surface area contributed by atoms with E-state index in [1.54, 1.807) is 31.2 Å². The number of carbonyl (C=O) groups excluding carboxylic acids is 2. The lowest BCUT2D eigenvalue weighted by Gasteiger charge is -2.17. The van der Waals surface area contributed by atoms with Crippen molar-refractivity contribution < 1.29 is 23.8 Å². The Kier molecular flexibility index (Phi) is 9.18. The number of aryl methyl sites for hydroxylation is 1. The second-order valence-electron chi connectivity index (χ2n) is 8.16. The highest BCUT2D eigenvalue weighted by atomic mass is 32.1. The number of carbonyl (C=O) groups is 2. The zero-order valence-corrected chi connectivity index (χ0v) is 21.5. The van der Waals surface area contributed by atoms with Crippen LogP contribution in [0.4, 0.5) is 5.00 Å². The molecule has 8 nitrogen and oxygen atoms in total. The van der Waals surface area contributed by atoms with Crippen molar-refractivity contribution in [1.29, 1.82) is 0 Å². The molecule has 0 spiro atoms. The van der Waals surface area contributed by atoms with Crippen molar-refractivity contribution in [1.82, 2.24) is 10.4 Å². The lowest BCUT2D eigenvalue weighted by molar-refractivity contribution is 0.0857. The summed E-state index contributed by atoms with van der Waals surface area (Å²) >= 11 is 1.50. The Morgan fingerprint density at radius 1 is 0.912 bits per heavy atom. The van der Waals surface area contributed by atoms with Crippen LogP contribution in [0, 0.1) is 0 Å². The molecule has 0 unspecified atom stereocenters. The summed E-state index contributed by atoms with van der Waals surface area (Å²) in [5, 5.41) is 5.18. The topological polar surface area (TPSA) is 89.1 Å². The standard InChI is InChI=1S/C25H35N3O5S/c1-6-31-18-14-16(15-19(32-7-2)22(18)33-8-3)23(29)26-25-21(24(30)27-28(4)5)17-12-10-9-11-13-20(17)34-25/h14-15H,6-13H2,1-5H3,(H,26,29)(H,27,30). The highest BCUT2D eigenvalue weighted by Crippen LogP contribution is 2.41. The number of anilines is 1. The Labute approximate surface area is 205 Å². The normalized spacial score (nSPS) is 13.1. The Morgan fingerprint density at radius 2 is 1.53 bits per heavy atom. The molecule has 1 aliphatic carbocycles. The van der Waals surface area contributed by atoms with E-state index in [1.165, 1.54) is 16.2 Å². The molecule has 2 amide bonds. The number of amides is 2. The van der Waals surface area contributed by atoms with Crippen LogP contribution in [0.5, 0.6) is 17.2 Å². The third-order valence-electron chi connectivity index (χ3n) is 5.37. The minimum Gasteiger partial charge on any atom is -0.490 e. The molecular formula is C25H35N3O5S. The minimum atomic E-state index is -0.333. The Hall–Kier alpha value is -2.78. The van der Waals surface area contributed by atoms with Gasteiger partial charge in [-0.1, -0.05) is 6.42 Å². The second kappa shape index (κ2) is 12.1. The van der Waals surface area contributed by atoms with Crippen LogP contribution >= 0.6 is 11.3 Å². The monoisotopic (exact) mass is 489 g/mol. The molecule has 0 saturated heterocycles. The average molecular weight is 490 g/mol. The minimum absolute atomic E-state index is 0.212. The van der Waals surface area contributed by atoms with Crippen molar-refractivity contribution in [2.45, 2.75) is 52.9 Å². The molecule has 0 fully saturated rings. The van der Waals surface area contributed by atoms with Gasteiger partial charge in [0.15, 0.2) is 11.5 Å². The predicted molar refractivity (Wildman–Crippen MR) is 135 cm³/mol. The molecule has 0 atom stereocenters. The zero-order valence-electron chi connectivity index (χ0n) is 20.7. The molecule has 9 heteroatoms. The lowest BCUT2D eigenvalue weighted by atomic mass is 10.0. The fourth-order valence-corrected chi connectivity index (χ4v) is 5.31. The maximum absolute atomic E-state index is 13.4. The summed E-state index contributed by atoms with van der Waals surface area (Å²) in [5.41, 5.74) is 4.82. The van der Waals surface area contributed by atoms with Crippen LogP contribution < -0.4 is 25.0 Å². The first-order chi connectivity index (χ1) is 16.4. The van der Waals surface area contributed by atoms with Crippen molar-refractivity contribution in [3.63, 3.8) is 0 Å². The van der Waals surface area contributed by atoms with E-state index < -0.39 is 0 Å². The fourth-order valence-electron chi connectivity index (χ4n) is 4.02. The van der Waals surface area contributed by atoms with Gasteiger partial charge < -0.3 is 19.5 Å². The second-order valence-corrected chi connectivity index (χ2v) is 9.26. The third-order valence-corrected chi connectivity index (χ3v) is 6.58. The van der Waals surface area contributed by atoms with E-state index in [4.69, 9.17) is 14.2 Å². The maximum Gasteiger partial charge on any atom is 0.268 e. The largest absolute Gasteiger partial charge is 0.490 e. The van der Waals surface area contributed by atoms with Crippen molar-refractivity contribution in [2.75, 3.05) is 39.2 Å². The number of rotatable bonds is 10. The van der Waals surface area contributed by atoms with Crippen LogP contribution in [0.25, 0.3) is 0 Å². The van der Waals surface area contributed by atoms with Crippen LogP contribution in [0.3, 0.4) is 0 Å². The molecule has 0 radical (unpaired) electrons. The van der Waals surface area contributed by atoms with Gasteiger partial charge in [-0.3, -0.25) is 15.0 Å². The first kappa shape index (κ1) is 25.8. The van der Waals surface area contributed by atoms with E-state index in [9.17, 15) is 9.59 Å². The van der Waals surface area contributed by atoms with Gasteiger partial charge in [-0.15, -0.1) is 11.3 Å². The predicted octanol–water partition coefficient (Wildman–Crippen LogP) is 4.67. The van der Waals surface area contributed by atoms with Gasteiger partial charge in [0, 0.05) is 24.5 Å². The quantitative estimate of drug-likeness (QED) is 0.372. The first-order valence-electron chi connectivity index (χ1n) is 11.9. The van der Waals surface area contributed by atoms with Gasteiger partial charge in [-0.25, -0.2) is 5.01 Å². The summed E-state index contributed by atoms with van der Waals surface area (Å²) in [6.45, 7) is 6.91. The molecule has 2 aromatic rings. The van der Waals surface area contributed by atoms with Gasteiger partial charge in [-0.05, 0) is 64.2 Å². The van der Waals surface area contributed by atoms with E-state index in [1.807, 2.05) is 20.8 Å².